The Morgan fingerprint density at radius 3 is 1.68 bits per heavy atom. The van der Waals surface area contributed by atoms with Crippen LogP contribution >= 0.6 is 0 Å². The number of alkyl halides is 2. The van der Waals surface area contributed by atoms with Gasteiger partial charge in [-0.3, -0.25) is 4.90 Å². The minimum absolute atomic E-state index is 0.0821. The van der Waals surface area contributed by atoms with E-state index in [1.807, 2.05) is 54.6 Å². The van der Waals surface area contributed by atoms with E-state index in [1.165, 1.54) is 57.6 Å². The van der Waals surface area contributed by atoms with E-state index in [1.54, 1.807) is 60.7 Å². The highest BCUT2D eigenvalue weighted by Gasteiger charge is 2.51. The van der Waals surface area contributed by atoms with Crippen molar-refractivity contribution < 1.29 is 55.2 Å². The lowest BCUT2D eigenvalue weighted by Gasteiger charge is -2.44. The molecule has 15 heteroatoms. The second-order valence-corrected chi connectivity index (χ2v) is 17.1. The fraction of sp³-hybridized carbons (Fsp3) is 0.240. The zero-order valence-corrected chi connectivity index (χ0v) is 37.0. The Labute approximate surface area is 376 Å². The molecule has 338 valence electrons. The van der Waals surface area contributed by atoms with Gasteiger partial charge in [-0.1, -0.05) is 127 Å². The fourth-order valence-electron chi connectivity index (χ4n) is 7.76. The average Bonchev–Trinajstić information content (AvgIpc) is 3.34. The fourth-order valence-corrected chi connectivity index (χ4v) is 9.13. The lowest BCUT2D eigenvalue weighted by molar-refractivity contribution is -0.173. The highest BCUT2D eigenvalue weighted by molar-refractivity contribution is 7.89. The summed E-state index contributed by atoms with van der Waals surface area (Å²) in [6, 6.07) is 39.0. The molecule has 6 aromatic carbocycles. The Morgan fingerprint density at radius 2 is 1.17 bits per heavy atom. The maximum absolute atomic E-state index is 16.8. The normalized spacial score (nSPS) is 16.4. The third-order valence-corrected chi connectivity index (χ3v) is 13.0. The quantitative estimate of drug-likeness (QED) is 0.0817. The van der Waals surface area contributed by atoms with Gasteiger partial charge in [-0.2, -0.15) is 13.1 Å². The molecule has 0 aliphatic carbocycles. The molecular weight excluding hydrogens is 859 g/mol. The van der Waals surface area contributed by atoms with Gasteiger partial charge < -0.3 is 28.4 Å². The monoisotopic (exact) mass is 906 g/mol. The van der Waals surface area contributed by atoms with Crippen molar-refractivity contribution in [1.82, 2.24) is 9.21 Å². The molecule has 1 aliphatic rings. The molecule has 1 aliphatic heterocycles. The van der Waals surface area contributed by atoms with Gasteiger partial charge in [0.05, 0.1) is 28.4 Å². The SMILES string of the molecule is COc1ccc(CN(Cc2ccc(OC)cc2OC)S(=O)(=O)C(F)(F)c2ccc(C[C@H]3C(=O)O[C@H](c4ccccc4)[C@H](c4ccccc4)N3C(=O)OCc3ccccc3)cc2)c(OC)c1. The van der Waals surface area contributed by atoms with Crippen molar-refractivity contribution >= 4 is 22.1 Å². The number of esters is 1. The number of amides is 1. The molecule has 1 fully saturated rings. The Bertz CT molecular complexity index is 2620. The minimum Gasteiger partial charge on any atom is -0.497 e. The second-order valence-electron chi connectivity index (χ2n) is 15.1. The summed E-state index contributed by atoms with van der Waals surface area (Å²) in [4.78, 5) is 29.8. The molecule has 1 amide bonds. The van der Waals surface area contributed by atoms with Crippen LogP contribution in [0.5, 0.6) is 23.0 Å². The summed E-state index contributed by atoms with van der Waals surface area (Å²) < 4.78 is 96.6. The molecule has 1 heterocycles. The Hall–Kier alpha value is -6.97. The Morgan fingerprint density at radius 1 is 0.662 bits per heavy atom. The third kappa shape index (κ3) is 10.1. The largest absolute Gasteiger partial charge is 0.497 e. The molecule has 0 spiro atoms. The molecule has 3 atom stereocenters. The van der Waals surface area contributed by atoms with E-state index in [9.17, 15) is 18.0 Å². The van der Waals surface area contributed by atoms with Gasteiger partial charge in [-0.25, -0.2) is 18.0 Å². The number of halogens is 2. The predicted octanol–water partition coefficient (Wildman–Crippen LogP) is 9.39. The number of nitrogens with zero attached hydrogens (tertiary/aromatic N) is 2. The number of methoxy groups -OCH3 is 4. The number of ether oxygens (including phenoxy) is 6. The number of carbonyl (C=O) groups is 2. The van der Waals surface area contributed by atoms with Crippen LogP contribution in [0.25, 0.3) is 0 Å². The molecule has 1 saturated heterocycles. The first kappa shape index (κ1) is 46.0. The molecule has 6 aromatic rings. The first-order valence-electron chi connectivity index (χ1n) is 20.6. The van der Waals surface area contributed by atoms with E-state index in [4.69, 9.17) is 28.4 Å². The Balaban J connectivity index is 1.22. The number of sulfonamides is 1. The molecule has 65 heavy (non-hydrogen) atoms. The first-order chi connectivity index (χ1) is 31.4. The van der Waals surface area contributed by atoms with Crippen molar-refractivity contribution in [3.63, 3.8) is 0 Å². The van der Waals surface area contributed by atoms with Gasteiger partial charge in [-0.05, 0) is 34.4 Å². The Kier molecular flexibility index (Phi) is 14.3. The third-order valence-electron chi connectivity index (χ3n) is 11.2. The molecule has 0 bridgehead atoms. The molecule has 0 N–H and O–H groups in total. The molecule has 7 rings (SSSR count). The van der Waals surface area contributed by atoms with Crippen LogP contribution in [-0.2, 0) is 55.7 Å². The van der Waals surface area contributed by atoms with Gasteiger partial charge in [0, 0.05) is 48.3 Å². The van der Waals surface area contributed by atoms with Gasteiger partial charge in [0.2, 0.25) is 0 Å². The molecular formula is C50H48F2N2O10S. The lowest BCUT2D eigenvalue weighted by atomic mass is 9.90. The van der Waals surface area contributed by atoms with Gasteiger partial charge in [0.15, 0.2) is 6.10 Å². The highest BCUT2D eigenvalue weighted by Crippen LogP contribution is 2.44. The number of cyclic esters (lactones) is 1. The number of benzene rings is 6. The second kappa shape index (κ2) is 20.2. The van der Waals surface area contributed by atoms with Crippen molar-refractivity contribution in [3.8, 4) is 23.0 Å². The zero-order chi connectivity index (χ0) is 46.1. The maximum atomic E-state index is 16.8. The van der Waals surface area contributed by atoms with Crippen molar-refractivity contribution in [3.05, 3.63) is 191 Å². The van der Waals surface area contributed by atoms with Gasteiger partial charge >= 0.3 is 17.3 Å². The number of morpholine rings is 1. The molecule has 12 nitrogen and oxygen atoms in total. The summed E-state index contributed by atoms with van der Waals surface area (Å²) in [5.41, 5.74) is 2.15. The minimum atomic E-state index is -5.52. The van der Waals surface area contributed by atoms with Crippen molar-refractivity contribution in [2.24, 2.45) is 0 Å². The van der Waals surface area contributed by atoms with Crippen molar-refractivity contribution in [2.45, 2.75) is 49.6 Å². The molecule has 0 unspecified atom stereocenters. The van der Waals surface area contributed by atoms with E-state index in [2.05, 4.69) is 0 Å². The van der Waals surface area contributed by atoms with Gasteiger partial charge in [0.25, 0.3) is 10.0 Å². The smallest absolute Gasteiger partial charge is 0.411 e. The summed E-state index contributed by atoms with van der Waals surface area (Å²) in [6.07, 6.45) is -1.89. The maximum Gasteiger partial charge on any atom is 0.411 e. The first-order valence-corrected chi connectivity index (χ1v) is 22.0. The van der Waals surface area contributed by atoms with Gasteiger partial charge in [-0.15, -0.1) is 0 Å². The van der Waals surface area contributed by atoms with Crippen molar-refractivity contribution in [1.29, 1.82) is 0 Å². The van der Waals surface area contributed by atoms with Crippen LogP contribution in [0.1, 0.15) is 51.1 Å². The summed E-state index contributed by atoms with van der Waals surface area (Å²) in [5.74, 6) is 0.550. The topological polar surface area (TPSA) is 130 Å². The van der Waals surface area contributed by atoms with Crippen LogP contribution in [0.2, 0.25) is 0 Å². The van der Waals surface area contributed by atoms with Crippen LogP contribution in [0.3, 0.4) is 0 Å². The van der Waals surface area contributed by atoms with Crippen LogP contribution in [-0.4, -0.2) is 64.2 Å². The van der Waals surface area contributed by atoms with Crippen LogP contribution in [0.4, 0.5) is 13.6 Å². The van der Waals surface area contributed by atoms with E-state index in [-0.39, 0.29) is 24.5 Å². The van der Waals surface area contributed by atoms with Crippen molar-refractivity contribution in [2.75, 3.05) is 28.4 Å². The van der Waals surface area contributed by atoms with Crippen LogP contribution in [0.15, 0.2) is 152 Å². The van der Waals surface area contributed by atoms with Crippen LogP contribution < -0.4 is 18.9 Å². The summed E-state index contributed by atoms with van der Waals surface area (Å²) >= 11 is 0. The average molecular weight is 907 g/mol. The highest BCUT2D eigenvalue weighted by atomic mass is 32.2. The van der Waals surface area contributed by atoms with E-state index in [0.717, 1.165) is 17.7 Å². The number of hydrogen-bond donors (Lipinski definition) is 0. The molecule has 0 saturated carbocycles. The predicted molar refractivity (Wildman–Crippen MR) is 238 cm³/mol. The number of carbonyl (C=O) groups excluding carboxylic acids is 2. The summed E-state index contributed by atoms with van der Waals surface area (Å²) in [5, 5.41) is -4.47. The van der Waals surface area contributed by atoms with E-state index >= 15 is 8.78 Å². The van der Waals surface area contributed by atoms with Gasteiger partial charge in [0.1, 0.15) is 41.7 Å². The number of rotatable bonds is 17. The summed E-state index contributed by atoms with van der Waals surface area (Å²) in [7, 11) is 0.143. The van der Waals surface area contributed by atoms with Crippen LogP contribution in [0, 0.1) is 0 Å². The number of hydrogen-bond acceptors (Lipinski definition) is 10. The van der Waals surface area contributed by atoms with E-state index < -0.39 is 64.2 Å². The summed E-state index contributed by atoms with van der Waals surface area (Å²) in [6.45, 7) is -1.10. The molecule has 0 aromatic heterocycles. The zero-order valence-electron chi connectivity index (χ0n) is 36.1. The standard InChI is InChI=1S/C50H48F2N2O10S/c1-59-41-26-22-38(44(29-41)61-3)31-53(32-39-23-27-42(60-2)30-45(39)62-4)65(57,58)50(51,52)40-24-20-34(21-25-40)28-43-48(55)64-47(37-18-12-7-13-19-37)46(36-16-10-6-11-17-36)54(43)49(56)63-33-35-14-8-5-9-15-35/h5-27,29-30,43,46-47H,28,31-33H2,1-4H3/t43-,46-,47+/m0/s1. The lowest BCUT2D eigenvalue weighted by Crippen LogP contribution is -2.55. The molecule has 0 radical (unpaired) electrons. The van der Waals surface area contributed by atoms with E-state index in [0.29, 0.717) is 43.6 Å².